The lowest BCUT2D eigenvalue weighted by Gasteiger charge is -2.24. The number of hydrogen-bond acceptors (Lipinski definition) is 7. The second-order valence-corrected chi connectivity index (χ2v) is 9.67. The summed E-state index contributed by atoms with van der Waals surface area (Å²) in [6.45, 7) is 6.70. The summed E-state index contributed by atoms with van der Waals surface area (Å²) in [6.07, 6.45) is 1.51. The van der Waals surface area contributed by atoms with E-state index in [2.05, 4.69) is 0 Å². The zero-order chi connectivity index (χ0) is 28.0. The molecule has 0 saturated carbocycles. The Balaban J connectivity index is 2.00. The van der Waals surface area contributed by atoms with Crippen molar-refractivity contribution in [2.24, 2.45) is 0 Å². The topological polar surface area (TPSA) is 96.3 Å². The van der Waals surface area contributed by atoms with Crippen molar-refractivity contribution in [3.63, 3.8) is 0 Å². The van der Waals surface area contributed by atoms with E-state index >= 15 is 4.39 Å². The number of aromatic nitrogens is 1. The van der Waals surface area contributed by atoms with Gasteiger partial charge in [-0.15, -0.1) is 0 Å². The van der Waals surface area contributed by atoms with E-state index in [1.165, 1.54) is 37.1 Å². The van der Waals surface area contributed by atoms with E-state index in [9.17, 15) is 14.4 Å². The molecule has 0 bridgehead atoms. The molecule has 2 aromatic carbocycles. The summed E-state index contributed by atoms with van der Waals surface area (Å²) in [4.78, 5) is 39.3. The Labute approximate surface area is 220 Å². The summed E-state index contributed by atoms with van der Waals surface area (Å²) in [5.74, 6) is -0.569. The minimum atomic E-state index is -0.728. The van der Waals surface area contributed by atoms with Crippen LogP contribution in [0.5, 0.6) is 11.5 Å². The maximum Gasteiger partial charge on any atom is 0.410 e. The van der Waals surface area contributed by atoms with Crippen LogP contribution in [0.1, 0.15) is 34.1 Å². The molecule has 0 atom stereocenters. The number of rotatable bonds is 9. The molecule has 1 heterocycles. The second kappa shape index (κ2) is 12.0. The average molecular weight is 529 g/mol. The minimum Gasteiger partial charge on any atom is -0.497 e. The Kier molecular flexibility index (Phi) is 8.98. The maximum absolute atomic E-state index is 15.1. The highest BCUT2D eigenvalue weighted by atomic mass is 19.1. The summed E-state index contributed by atoms with van der Waals surface area (Å²) in [7, 11) is 2.94. The Morgan fingerprint density at radius 3 is 2.37 bits per heavy atom. The summed E-state index contributed by atoms with van der Waals surface area (Å²) < 4.78 is 38.2. The zero-order valence-electron chi connectivity index (χ0n) is 22.5. The highest BCUT2D eigenvalue weighted by Gasteiger charge is 2.23. The van der Waals surface area contributed by atoms with Gasteiger partial charge in [-0.3, -0.25) is 9.59 Å². The molecule has 0 saturated heterocycles. The fraction of sp³-hybridized carbons (Fsp3) is 0.393. The van der Waals surface area contributed by atoms with Crippen LogP contribution in [0.3, 0.4) is 0 Å². The molecule has 10 heteroatoms. The van der Waals surface area contributed by atoms with Crippen molar-refractivity contribution in [1.29, 1.82) is 0 Å². The number of amides is 1. The quantitative estimate of drug-likeness (QED) is 0.362. The van der Waals surface area contributed by atoms with E-state index in [0.29, 0.717) is 24.3 Å². The molecule has 0 N–H and O–H groups in total. The van der Waals surface area contributed by atoms with E-state index in [1.807, 2.05) is 6.92 Å². The first kappa shape index (κ1) is 28.5. The van der Waals surface area contributed by atoms with E-state index < -0.39 is 28.9 Å². The second-order valence-electron chi connectivity index (χ2n) is 9.67. The third-order valence-electron chi connectivity index (χ3n) is 5.43. The number of halogens is 1. The summed E-state index contributed by atoms with van der Waals surface area (Å²) in [5.41, 5.74) is -0.359. The SMILES string of the molecule is CCCOc1ccc(F)c2c(=O)c(-c3ccc(OC)cc3)cn(COC(=O)CN(C)C(=O)OC(C)(C)C)c12. The fourth-order valence-corrected chi connectivity index (χ4v) is 3.65. The molecule has 3 aromatic rings. The Morgan fingerprint density at radius 1 is 1.08 bits per heavy atom. The van der Waals surface area contributed by atoms with Gasteiger partial charge in [0.2, 0.25) is 0 Å². The standard InChI is InChI=1S/C28H33FN2O7/c1-7-14-36-22-13-12-21(29)24-25(22)31(15-20(26(24)33)18-8-10-19(35-6)11-9-18)17-37-23(32)16-30(5)27(34)38-28(2,3)4/h8-13,15H,7,14,16-17H2,1-6H3. The van der Waals surface area contributed by atoms with E-state index in [4.69, 9.17) is 18.9 Å². The highest BCUT2D eigenvalue weighted by Crippen LogP contribution is 2.30. The number of nitrogens with zero attached hydrogens (tertiary/aromatic N) is 2. The van der Waals surface area contributed by atoms with Gasteiger partial charge in [0.25, 0.3) is 0 Å². The fourth-order valence-electron chi connectivity index (χ4n) is 3.65. The third kappa shape index (κ3) is 6.81. The van der Waals surface area contributed by atoms with Crippen LogP contribution in [-0.4, -0.2) is 54.4 Å². The van der Waals surface area contributed by atoms with Gasteiger partial charge in [-0.05, 0) is 57.0 Å². The van der Waals surface area contributed by atoms with Gasteiger partial charge in [-0.25, -0.2) is 9.18 Å². The van der Waals surface area contributed by atoms with Crippen LogP contribution in [0.2, 0.25) is 0 Å². The summed E-state index contributed by atoms with van der Waals surface area (Å²) in [6, 6.07) is 9.36. The first-order valence-corrected chi connectivity index (χ1v) is 12.2. The van der Waals surface area contributed by atoms with E-state index in [1.54, 1.807) is 45.0 Å². The van der Waals surface area contributed by atoms with Gasteiger partial charge in [0.15, 0.2) is 12.2 Å². The van der Waals surface area contributed by atoms with Gasteiger partial charge in [-0.1, -0.05) is 19.1 Å². The van der Waals surface area contributed by atoms with Crippen molar-refractivity contribution in [1.82, 2.24) is 9.47 Å². The van der Waals surface area contributed by atoms with Gasteiger partial charge in [0.05, 0.1) is 19.1 Å². The van der Waals surface area contributed by atoms with Crippen molar-refractivity contribution in [3.8, 4) is 22.6 Å². The third-order valence-corrected chi connectivity index (χ3v) is 5.43. The molecule has 0 radical (unpaired) electrons. The lowest BCUT2D eigenvalue weighted by molar-refractivity contribution is -0.148. The number of methoxy groups -OCH3 is 1. The van der Waals surface area contributed by atoms with Crippen LogP contribution in [0.15, 0.2) is 47.4 Å². The van der Waals surface area contributed by atoms with Crippen LogP contribution >= 0.6 is 0 Å². The molecule has 0 aliphatic rings. The van der Waals surface area contributed by atoms with Crippen molar-refractivity contribution in [2.75, 3.05) is 27.3 Å². The van der Waals surface area contributed by atoms with Gasteiger partial charge in [0.1, 0.15) is 35.0 Å². The van der Waals surface area contributed by atoms with Crippen LogP contribution in [0.25, 0.3) is 22.0 Å². The van der Waals surface area contributed by atoms with Gasteiger partial charge in [-0.2, -0.15) is 0 Å². The number of pyridine rings is 1. The van der Waals surface area contributed by atoms with Crippen LogP contribution < -0.4 is 14.9 Å². The normalized spacial score (nSPS) is 11.2. The molecule has 0 aliphatic heterocycles. The van der Waals surface area contributed by atoms with Crippen LogP contribution in [-0.2, 0) is 21.0 Å². The van der Waals surface area contributed by atoms with Crippen molar-refractivity contribution in [3.05, 3.63) is 58.6 Å². The monoisotopic (exact) mass is 528 g/mol. The number of carbonyl (C=O) groups is 2. The molecule has 3 rings (SSSR count). The molecule has 0 unspecified atom stereocenters. The number of hydrogen-bond donors (Lipinski definition) is 0. The number of ether oxygens (including phenoxy) is 4. The predicted molar refractivity (Wildman–Crippen MR) is 141 cm³/mol. The summed E-state index contributed by atoms with van der Waals surface area (Å²) >= 11 is 0. The lowest BCUT2D eigenvalue weighted by Crippen LogP contribution is -2.37. The first-order chi connectivity index (χ1) is 17.9. The van der Waals surface area contributed by atoms with Crippen LogP contribution in [0.4, 0.5) is 9.18 Å². The van der Waals surface area contributed by atoms with Crippen molar-refractivity contribution in [2.45, 2.75) is 46.4 Å². The zero-order valence-corrected chi connectivity index (χ0v) is 22.5. The van der Waals surface area contributed by atoms with Gasteiger partial charge in [0, 0.05) is 18.8 Å². The maximum atomic E-state index is 15.1. The molecule has 1 amide bonds. The molecular formula is C28H33FN2O7. The van der Waals surface area contributed by atoms with E-state index in [0.717, 1.165) is 4.90 Å². The van der Waals surface area contributed by atoms with Crippen LogP contribution in [0, 0.1) is 5.82 Å². The molecular weight excluding hydrogens is 495 g/mol. The number of benzene rings is 2. The number of likely N-dealkylation sites (N-methyl/N-ethyl adjacent to an activating group) is 1. The van der Waals surface area contributed by atoms with Crippen molar-refractivity contribution < 1.29 is 32.9 Å². The number of carbonyl (C=O) groups excluding carboxylic acids is 2. The number of esters is 1. The number of fused-ring (bicyclic) bond motifs is 1. The van der Waals surface area contributed by atoms with Gasteiger partial charge < -0.3 is 28.4 Å². The molecule has 0 spiro atoms. The Bertz CT molecular complexity index is 1360. The molecule has 9 nitrogen and oxygen atoms in total. The van der Waals surface area contributed by atoms with Crippen molar-refractivity contribution >= 4 is 23.0 Å². The summed E-state index contributed by atoms with van der Waals surface area (Å²) in [5, 5.41) is -0.186. The highest BCUT2D eigenvalue weighted by molar-refractivity contribution is 5.89. The van der Waals surface area contributed by atoms with E-state index in [-0.39, 0.29) is 35.5 Å². The molecule has 0 aliphatic carbocycles. The molecule has 1 aromatic heterocycles. The Hall–Kier alpha value is -4.08. The molecule has 204 valence electrons. The largest absolute Gasteiger partial charge is 0.497 e. The molecule has 38 heavy (non-hydrogen) atoms. The smallest absolute Gasteiger partial charge is 0.410 e. The average Bonchev–Trinajstić information content (AvgIpc) is 2.86. The molecule has 0 fully saturated rings. The van der Waals surface area contributed by atoms with Gasteiger partial charge >= 0.3 is 12.1 Å². The Morgan fingerprint density at radius 2 is 1.76 bits per heavy atom. The predicted octanol–water partition coefficient (Wildman–Crippen LogP) is 4.97. The first-order valence-electron chi connectivity index (χ1n) is 12.2. The lowest BCUT2D eigenvalue weighted by atomic mass is 10.0. The minimum absolute atomic E-state index is 0.161.